The Labute approximate surface area is 143 Å². The number of nitrogens with one attached hydrogen (secondary N) is 1. The molecule has 2 rings (SSSR count). The van der Waals surface area contributed by atoms with Crippen molar-refractivity contribution in [2.75, 3.05) is 13.2 Å². The third-order valence-electron chi connectivity index (χ3n) is 3.77. The molecule has 128 valence electrons. The normalized spacial score (nSPS) is 12.0. The maximum atomic E-state index is 12.5. The van der Waals surface area contributed by atoms with Crippen LogP contribution in [0.4, 0.5) is 0 Å². The quantitative estimate of drug-likeness (QED) is 0.626. The molecule has 24 heavy (non-hydrogen) atoms. The van der Waals surface area contributed by atoms with Crippen molar-refractivity contribution in [3.63, 3.8) is 0 Å². The maximum Gasteiger partial charge on any atom is 0.327 e. The second kappa shape index (κ2) is 7.93. The topological polar surface area (TPSA) is 56.1 Å². The first-order valence-electron chi connectivity index (χ1n) is 8.11. The van der Waals surface area contributed by atoms with Crippen LogP contribution < -0.4 is 5.32 Å². The van der Waals surface area contributed by atoms with Gasteiger partial charge in [0.15, 0.2) is 0 Å². The molecule has 5 heteroatoms. The van der Waals surface area contributed by atoms with E-state index in [9.17, 15) is 4.79 Å². The highest BCUT2D eigenvalue weighted by Crippen LogP contribution is 2.25. The number of carbonyl (C=O) groups is 1. The van der Waals surface area contributed by atoms with Crippen LogP contribution in [0.5, 0.6) is 0 Å². The van der Waals surface area contributed by atoms with Crippen LogP contribution in [0.1, 0.15) is 36.8 Å². The molecule has 0 spiro atoms. The fourth-order valence-corrected chi connectivity index (χ4v) is 2.70. The van der Waals surface area contributed by atoms with Gasteiger partial charge in [-0.3, -0.25) is 5.32 Å². The lowest BCUT2D eigenvalue weighted by Gasteiger charge is -2.18. The Bertz CT molecular complexity index is 720. The number of ether oxygens (including phenoxy) is 1. The van der Waals surface area contributed by atoms with Crippen LogP contribution in [0.2, 0.25) is 0 Å². The minimum Gasteiger partial charge on any atom is -0.465 e. The van der Waals surface area contributed by atoms with Crippen LogP contribution in [-0.2, 0) is 9.53 Å². The van der Waals surface area contributed by atoms with E-state index in [1.165, 1.54) is 0 Å². The van der Waals surface area contributed by atoms with E-state index in [0.717, 1.165) is 28.2 Å². The van der Waals surface area contributed by atoms with E-state index >= 15 is 0 Å². The third kappa shape index (κ3) is 3.92. The minimum absolute atomic E-state index is 0.294. The van der Waals surface area contributed by atoms with Gasteiger partial charge < -0.3 is 4.74 Å². The molecule has 0 radical (unpaired) electrons. The number of carbonyl (C=O) groups excluding carboxylic acids is 1. The highest BCUT2D eigenvalue weighted by atomic mass is 16.5. The molecule has 1 heterocycles. The van der Waals surface area contributed by atoms with Crippen LogP contribution in [0, 0.1) is 13.8 Å². The Kier molecular flexibility index (Phi) is 5.93. The number of esters is 1. The number of para-hydroxylation sites is 1. The van der Waals surface area contributed by atoms with E-state index in [4.69, 9.17) is 4.74 Å². The lowest BCUT2D eigenvalue weighted by atomic mass is 10.0. The van der Waals surface area contributed by atoms with Crippen molar-refractivity contribution in [3.8, 4) is 5.69 Å². The van der Waals surface area contributed by atoms with E-state index in [1.54, 1.807) is 6.92 Å². The molecular weight excluding hydrogens is 302 g/mol. The summed E-state index contributed by atoms with van der Waals surface area (Å²) in [6.07, 6.45) is 0. The Morgan fingerprint density at radius 2 is 2.00 bits per heavy atom. The van der Waals surface area contributed by atoms with Gasteiger partial charge in [-0.15, -0.1) is 0 Å². The molecule has 0 aliphatic heterocycles. The maximum absolute atomic E-state index is 12.5. The highest BCUT2D eigenvalue weighted by Gasteiger charge is 2.28. The molecule has 0 fully saturated rings. The molecule has 0 aliphatic rings. The van der Waals surface area contributed by atoms with Gasteiger partial charge >= 0.3 is 5.97 Å². The van der Waals surface area contributed by atoms with Crippen molar-refractivity contribution in [3.05, 3.63) is 59.4 Å². The fourth-order valence-electron chi connectivity index (χ4n) is 2.70. The van der Waals surface area contributed by atoms with Gasteiger partial charge in [-0.1, -0.05) is 30.4 Å². The standard InChI is InChI=1S/C19H25N3O2/c1-6-24-19(23)18(20-12-13(2)3)17-14(4)21-22(15(17)5)16-10-8-7-9-11-16/h7-11,18,20H,2,6,12H2,1,3-5H3/t18-/m1/s1. The Morgan fingerprint density at radius 1 is 1.33 bits per heavy atom. The molecule has 0 unspecified atom stereocenters. The number of hydrogen-bond donors (Lipinski definition) is 1. The molecule has 1 aromatic carbocycles. The van der Waals surface area contributed by atoms with Crippen LogP contribution in [0.25, 0.3) is 5.69 Å². The van der Waals surface area contributed by atoms with Gasteiger partial charge in [-0.2, -0.15) is 5.10 Å². The fraction of sp³-hybridized carbons (Fsp3) is 0.368. The second-order valence-electron chi connectivity index (χ2n) is 5.85. The number of benzene rings is 1. The average Bonchev–Trinajstić information content (AvgIpc) is 2.84. The number of aromatic nitrogens is 2. The van der Waals surface area contributed by atoms with Gasteiger partial charge in [0.25, 0.3) is 0 Å². The summed E-state index contributed by atoms with van der Waals surface area (Å²) in [5.41, 5.74) is 4.51. The van der Waals surface area contributed by atoms with Crippen molar-refractivity contribution >= 4 is 5.97 Å². The van der Waals surface area contributed by atoms with Gasteiger partial charge in [0.1, 0.15) is 6.04 Å². The van der Waals surface area contributed by atoms with Crippen LogP contribution >= 0.6 is 0 Å². The summed E-state index contributed by atoms with van der Waals surface area (Å²) in [5, 5.41) is 7.86. The molecule has 0 saturated carbocycles. The van der Waals surface area contributed by atoms with Gasteiger partial charge in [0.05, 0.1) is 18.0 Å². The Balaban J connectivity index is 2.44. The monoisotopic (exact) mass is 327 g/mol. The number of rotatable bonds is 7. The van der Waals surface area contributed by atoms with E-state index in [2.05, 4.69) is 17.0 Å². The van der Waals surface area contributed by atoms with Crippen LogP contribution in [0.15, 0.2) is 42.5 Å². The molecule has 0 aliphatic carbocycles. The Morgan fingerprint density at radius 3 is 2.58 bits per heavy atom. The van der Waals surface area contributed by atoms with Crippen molar-refractivity contribution in [2.24, 2.45) is 0 Å². The lowest BCUT2D eigenvalue weighted by molar-refractivity contribution is -0.145. The summed E-state index contributed by atoms with van der Waals surface area (Å²) in [5.74, 6) is -0.294. The van der Waals surface area contributed by atoms with E-state index in [1.807, 2.05) is 55.8 Å². The first kappa shape index (κ1) is 17.9. The molecule has 1 atom stereocenters. The van der Waals surface area contributed by atoms with Gasteiger partial charge in [0, 0.05) is 17.8 Å². The van der Waals surface area contributed by atoms with Crippen molar-refractivity contribution in [2.45, 2.75) is 33.7 Å². The summed E-state index contributed by atoms with van der Waals surface area (Å²) in [6, 6.07) is 9.32. The zero-order chi connectivity index (χ0) is 17.7. The number of hydrogen-bond acceptors (Lipinski definition) is 4. The second-order valence-corrected chi connectivity index (χ2v) is 5.85. The molecule has 0 saturated heterocycles. The number of aryl methyl sites for hydroxylation is 1. The van der Waals surface area contributed by atoms with Crippen molar-refractivity contribution in [1.29, 1.82) is 0 Å². The number of nitrogens with zero attached hydrogens (tertiary/aromatic N) is 2. The molecule has 0 bridgehead atoms. The summed E-state index contributed by atoms with van der Waals surface area (Å²) < 4.78 is 7.11. The molecular formula is C19H25N3O2. The largest absolute Gasteiger partial charge is 0.465 e. The third-order valence-corrected chi connectivity index (χ3v) is 3.77. The van der Waals surface area contributed by atoms with Crippen LogP contribution in [-0.4, -0.2) is 28.9 Å². The zero-order valence-corrected chi connectivity index (χ0v) is 14.8. The van der Waals surface area contributed by atoms with E-state index in [0.29, 0.717) is 13.2 Å². The SMILES string of the molecule is C=C(C)CN[C@@H](C(=O)OCC)c1c(C)nn(-c2ccccc2)c1C. The predicted molar refractivity (Wildman–Crippen MR) is 95.2 cm³/mol. The van der Waals surface area contributed by atoms with Gasteiger partial charge in [-0.25, -0.2) is 9.48 Å². The first-order chi connectivity index (χ1) is 11.5. The molecule has 0 amide bonds. The van der Waals surface area contributed by atoms with E-state index < -0.39 is 6.04 Å². The summed E-state index contributed by atoms with van der Waals surface area (Å²) in [6.45, 7) is 12.4. The van der Waals surface area contributed by atoms with Crippen molar-refractivity contribution in [1.82, 2.24) is 15.1 Å². The summed E-state index contributed by atoms with van der Waals surface area (Å²) in [4.78, 5) is 12.5. The highest BCUT2D eigenvalue weighted by molar-refractivity contribution is 5.78. The minimum atomic E-state index is -0.556. The zero-order valence-electron chi connectivity index (χ0n) is 14.8. The van der Waals surface area contributed by atoms with Crippen molar-refractivity contribution < 1.29 is 9.53 Å². The summed E-state index contributed by atoms with van der Waals surface area (Å²) in [7, 11) is 0. The predicted octanol–water partition coefficient (Wildman–Crippen LogP) is 3.26. The smallest absolute Gasteiger partial charge is 0.327 e. The Hall–Kier alpha value is -2.40. The van der Waals surface area contributed by atoms with Gasteiger partial charge in [0.2, 0.25) is 0 Å². The van der Waals surface area contributed by atoms with Gasteiger partial charge in [-0.05, 0) is 39.8 Å². The molecule has 5 nitrogen and oxygen atoms in total. The average molecular weight is 327 g/mol. The molecule has 1 aromatic heterocycles. The first-order valence-corrected chi connectivity index (χ1v) is 8.11. The summed E-state index contributed by atoms with van der Waals surface area (Å²) >= 11 is 0. The lowest BCUT2D eigenvalue weighted by Crippen LogP contribution is -2.32. The van der Waals surface area contributed by atoms with Crippen LogP contribution in [0.3, 0.4) is 0 Å². The molecule has 2 aromatic rings. The van der Waals surface area contributed by atoms with E-state index in [-0.39, 0.29) is 5.97 Å². The molecule has 1 N–H and O–H groups in total.